The molecule has 0 N–H and O–H groups in total. The molecule has 3 aromatic rings. The third kappa shape index (κ3) is 3.15. The normalized spacial score (nSPS) is 16.0. The zero-order valence-corrected chi connectivity index (χ0v) is 15.7. The highest BCUT2D eigenvalue weighted by atomic mass is 32.1. The number of benzene rings is 2. The molecule has 0 aliphatic carbocycles. The van der Waals surface area contributed by atoms with E-state index in [1.165, 1.54) is 15.6 Å². The van der Waals surface area contributed by atoms with Crippen LogP contribution in [-0.2, 0) is 17.8 Å². The van der Waals surface area contributed by atoms with Gasteiger partial charge in [-0.3, -0.25) is 4.79 Å². The Hall–Kier alpha value is -2.53. The Balaban J connectivity index is 1.48. The van der Waals surface area contributed by atoms with E-state index in [4.69, 9.17) is 9.47 Å². The second-order valence-electron chi connectivity index (χ2n) is 6.64. The molecule has 0 saturated carbocycles. The zero-order valence-electron chi connectivity index (χ0n) is 14.9. The highest BCUT2D eigenvalue weighted by Crippen LogP contribution is 2.32. The molecule has 1 unspecified atom stereocenters. The maximum atomic E-state index is 12.9. The molecule has 26 heavy (non-hydrogen) atoms. The Morgan fingerprint density at radius 2 is 2.15 bits per heavy atom. The van der Waals surface area contributed by atoms with Crippen molar-refractivity contribution < 1.29 is 14.3 Å². The van der Waals surface area contributed by atoms with Crippen molar-refractivity contribution in [2.75, 3.05) is 20.8 Å². The van der Waals surface area contributed by atoms with Crippen LogP contribution >= 0.6 is 11.3 Å². The molecule has 0 fully saturated rings. The standard InChI is InChI=1S/C21H21NO3S/c1-22(11-16-13-26-20-6-4-3-5-18(16)20)21(23)15-9-14-10-17(24-2)7-8-19(14)25-12-15/h3-8,10,13,15H,9,11-12H2,1-2H3. The van der Waals surface area contributed by atoms with Gasteiger partial charge in [-0.05, 0) is 52.6 Å². The van der Waals surface area contributed by atoms with E-state index < -0.39 is 0 Å². The van der Waals surface area contributed by atoms with E-state index in [1.54, 1.807) is 18.4 Å². The Morgan fingerprint density at radius 3 is 3.00 bits per heavy atom. The number of ether oxygens (including phenoxy) is 2. The smallest absolute Gasteiger partial charge is 0.229 e. The molecule has 0 spiro atoms. The van der Waals surface area contributed by atoms with Crippen molar-refractivity contribution in [3.63, 3.8) is 0 Å². The van der Waals surface area contributed by atoms with Crippen molar-refractivity contribution in [1.29, 1.82) is 0 Å². The summed E-state index contributed by atoms with van der Waals surface area (Å²) in [5, 5.41) is 3.37. The maximum absolute atomic E-state index is 12.9. The Morgan fingerprint density at radius 1 is 1.31 bits per heavy atom. The number of thiophene rings is 1. The SMILES string of the molecule is COc1ccc2c(c1)CC(C(=O)N(C)Cc1csc3ccccc13)CO2. The Kier molecular flexibility index (Phi) is 4.55. The molecular formula is C21H21NO3S. The van der Waals surface area contributed by atoms with Crippen molar-refractivity contribution in [2.24, 2.45) is 5.92 Å². The first kappa shape index (κ1) is 16.9. The summed E-state index contributed by atoms with van der Waals surface area (Å²) in [5.41, 5.74) is 2.23. The van der Waals surface area contributed by atoms with Crippen LogP contribution < -0.4 is 9.47 Å². The number of nitrogens with zero attached hydrogens (tertiary/aromatic N) is 1. The topological polar surface area (TPSA) is 38.8 Å². The fourth-order valence-electron chi connectivity index (χ4n) is 3.46. The van der Waals surface area contributed by atoms with E-state index >= 15 is 0 Å². The van der Waals surface area contributed by atoms with Gasteiger partial charge in [0, 0.05) is 18.3 Å². The first-order valence-corrected chi connectivity index (χ1v) is 9.53. The van der Waals surface area contributed by atoms with Gasteiger partial charge in [-0.2, -0.15) is 0 Å². The predicted octanol–water partition coefficient (Wildman–Crippen LogP) is 4.12. The molecule has 5 heteroatoms. The van der Waals surface area contributed by atoms with Crippen molar-refractivity contribution in [2.45, 2.75) is 13.0 Å². The molecular weight excluding hydrogens is 346 g/mol. The van der Waals surface area contributed by atoms with E-state index in [0.29, 0.717) is 19.6 Å². The van der Waals surface area contributed by atoms with Gasteiger partial charge in [0.1, 0.15) is 18.1 Å². The molecule has 1 amide bonds. The van der Waals surface area contributed by atoms with E-state index in [2.05, 4.69) is 17.5 Å². The van der Waals surface area contributed by atoms with Crippen LogP contribution in [0, 0.1) is 5.92 Å². The Bertz CT molecular complexity index is 949. The number of hydrogen-bond donors (Lipinski definition) is 0. The first-order valence-electron chi connectivity index (χ1n) is 8.65. The number of methoxy groups -OCH3 is 1. The minimum Gasteiger partial charge on any atom is -0.497 e. The summed E-state index contributed by atoms with van der Waals surface area (Å²) in [6.07, 6.45) is 0.681. The largest absolute Gasteiger partial charge is 0.497 e. The maximum Gasteiger partial charge on any atom is 0.229 e. The Labute approximate surface area is 157 Å². The van der Waals surface area contributed by atoms with E-state index in [0.717, 1.165) is 17.1 Å². The van der Waals surface area contributed by atoms with E-state index in [9.17, 15) is 4.79 Å². The van der Waals surface area contributed by atoms with Gasteiger partial charge >= 0.3 is 0 Å². The summed E-state index contributed by atoms with van der Waals surface area (Å²) in [6.45, 7) is 1.04. The van der Waals surface area contributed by atoms with Crippen LogP contribution in [0.15, 0.2) is 47.8 Å². The van der Waals surface area contributed by atoms with Crippen LogP contribution in [0.4, 0.5) is 0 Å². The molecule has 1 aromatic heterocycles. The molecule has 2 heterocycles. The van der Waals surface area contributed by atoms with E-state index in [1.807, 2.05) is 42.3 Å². The van der Waals surface area contributed by atoms with Crippen LogP contribution in [0.2, 0.25) is 0 Å². The highest BCUT2D eigenvalue weighted by molar-refractivity contribution is 7.17. The molecule has 1 aliphatic rings. The summed E-state index contributed by atoms with van der Waals surface area (Å²) in [7, 11) is 3.52. The average Bonchev–Trinajstić information content (AvgIpc) is 3.09. The van der Waals surface area contributed by atoms with Crippen molar-refractivity contribution in [3.8, 4) is 11.5 Å². The predicted molar refractivity (Wildman–Crippen MR) is 104 cm³/mol. The molecule has 0 bridgehead atoms. The lowest BCUT2D eigenvalue weighted by molar-refractivity contribution is -0.136. The lowest BCUT2D eigenvalue weighted by Crippen LogP contribution is -2.38. The summed E-state index contributed by atoms with van der Waals surface area (Å²) in [4.78, 5) is 14.8. The third-order valence-electron chi connectivity index (χ3n) is 4.87. The van der Waals surface area contributed by atoms with Gasteiger partial charge in [-0.15, -0.1) is 11.3 Å². The number of amides is 1. The summed E-state index contributed by atoms with van der Waals surface area (Å²) in [6, 6.07) is 14.1. The van der Waals surface area contributed by atoms with Crippen molar-refractivity contribution in [3.05, 3.63) is 59.0 Å². The van der Waals surface area contributed by atoms with Crippen molar-refractivity contribution in [1.82, 2.24) is 4.90 Å². The fourth-order valence-corrected chi connectivity index (χ4v) is 4.41. The molecule has 1 atom stereocenters. The number of hydrogen-bond acceptors (Lipinski definition) is 4. The lowest BCUT2D eigenvalue weighted by Gasteiger charge is -2.28. The van der Waals surface area contributed by atoms with Gasteiger partial charge in [0.2, 0.25) is 5.91 Å². The fraction of sp³-hybridized carbons (Fsp3) is 0.286. The van der Waals surface area contributed by atoms with Crippen LogP contribution in [-0.4, -0.2) is 31.6 Å². The van der Waals surface area contributed by atoms with Gasteiger partial charge in [0.25, 0.3) is 0 Å². The monoisotopic (exact) mass is 367 g/mol. The summed E-state index contributed by atoms with van der Waals surface area (Å²) in [5.74, 6) is 1.60. The van der Waals surface area contributed by atoms with Gasteiger partial charge < -0.3 is 14.4 Å². The second kappa shape index (κ2) is 7.00. The van der Waals surface area contributed by atoms with Crippen LogP contribution in [0.5, 0.6) is 11.5 Å². The van der Waals surface area contributed by atoms with E-state index in [-0.39, 0.29) is 11.8 Å². The van der Waals surface area contributed by atoms with Crippen molar-refractivity contribution >= 4 is 27.3 Å². The molecule has 1 aliphatic heterocycles. The molecule has 0 saturated heterocycles. The number of carbonyl (C=O) groups excluding carboxylic acids is 1. The second-order valence-corrected chi connectivity index (χ2v) is 7.55. The third-order valence-corrected chi connectivity index (χ3v) is 5.88. The van der Waals surface area contributed by atoms with Crippen LogP contribution in [0.1, 0.15) is 11.1 Å². The summed E-state index contributed by atoms with van der Waals surface area (Å²) < 4.78 is 12.4. The zero-order chi connectivity index (χ0) is 18.1. The van der Waals surface area contributed by atoms with Gasteiger partial charge in [0.15, 0.2) is 0 Å². The average molecular weight is 367 g/mol. The highest BCUT2D eigenvalue weighted by Gasteiger charge is 2.28. The quantitative estimate of drug-likeness (QED) is 0.696. The van der Waals surface area contributed by atoms with Gasteiger partial charge in [0.05, 0.1) is 13.0 Å². The summed E-state index contributed by atoms with van der Waals surface area (Å²) >= 11 is 1.72. The molecule has 4 nitrogen and oxygen atoms in total. The minimum absolute atomic E-state index is 0.119. The molecule has 4 rings (SSSR count). The van der Waals surface area contributed by atoms with Crippen LogP contribution in [0.3, 0.4) is 0 Å². The van der Waals surface area contributed by atoms with Gasteiger partial charge in [-0.25, -0.2) is 0 Å². The number of carbonyl (C=O) groups is 1. The van der Waals surface area contributed by atoms with Crippen LogP contribution in [0.25, 0.3) is 10.1 Å². The minimum atomic E-state index is -0.162. The first-order chi connectivity index (χ1) is 12.7. The number of rotatable bonds is 4. The molecule has 134 valence electrons. The molecule has 0 radical (unpaired) electrons. The molecule has 2 aromatic carbocycles. The lowest BCUT2D eigenvalue weighted by atomic mass is 9.95. The van der Waals surface area contributed by atoms with Gasteiger partial charge in [-0.1, -0.05) is 18.2 Å². The number of fused-ring (bicyclic) bond motifs is 2.